The third kappa shape index (κ3) is 2.89. The van der Waals surface area contributed by atoms with Crippen molar-refractivity contribution in [1.82, 2.24) is 10.1 Å². The molecule has 1 aliphatic heterocycles. The van der Waals surface area contributed by atoms with Crippen LogP contribution in [0.15, 0.2) is 35.9 Å². The number of rotatable bonds is 6. The number of alkyl halides is 1. The highest BCUT2D eigenvalue weighted by atomic mass is 35.5. The average Bonchev–Trinajstić information content (AvgIpc) is 2.98. The zero-order valence-corrected chi connectivity index (χ0v) is 13.5. The molecule has 1 aromatic heterocycles. The van der Waals surface area contributed by atoms with Crippen LogP contribution in [0.25, 0.3) is 0 Å². The summed E-state index contributed by atoms with van der Waals surface area (Å²) in [5.74, 6) is 0.168. The number of urea groups is 1. The first-order valence-electron chi connectivity index (χ1n) is 6.97. The fourth-order valence-electron chi connectivity index (χ4n) is 2.38. The van der Waals surface area contributed by atoms with E-state index in [0.29, 0.717) is 18.7 Å². The van der Waals surface area contributed by atoms with Gasteiger partial charge in [-0.25, -0.2) is 9.69 Å². The number of hydrogen-bond donors (Lipinski definition) is 1. The van der Waals surface area contributed by atoms with Gasteiger partial charge in [0.1, 0.15) is 5.69 Å². The minimum atomic E-state index is -1.05. The van der Waals surface area contributed by atoms with Crippen LogP contribution in [0.1, 0.15) is 26.0 Å². The molecule has 1 saturated heterocycles. The maximum atomic E-state index is 12.5. The Hall–Kier alpha value is -1.79. The molecular formula is C15H20ClN3O3. The van der Waals surface area contributed by atoms with E-state index >= 15 is 0 Å². The number of aromatic nitrogens is 1. The van der Waals surface area contributed by atoms with Crippen molar-refractivity contribution in [3.63, 3.8) is 0 Å². The maximum Gasteiger partial charge on any atom is 0.329 e. The molecule has 1 N–H and O–H groups in total. The molecule has 0 aliphatic carbocycles. The molecule has 1 aromatic rings. The number of halogens is 1. The minimum Gasteiger partial charge on any atom is -0.371 e. The summed E-state index contributed by atoms with van der Waals surface area (Å²) in [5, 5.41) is 14.3. The van der Waals surface area contributed by atoms with Crippen molar-refractivity contribution >= 4 is 23.5 Å². The zero-order chi connectivity index (χ0) is 16.5. The number of amides is 2. The van der Waals surface area contributed by atoms with Crippen molar-refractivity contribution in [3.05, 3.63) is 37.1 Å². The van der Waals surface area contributed by atoms with E-state index in [1.54, 1.807) is 32.1 Å². The lowest BCUT2D eigenvalue weighted by molar-refractivity contribution is 0.122. The van der Waals surface area contributed by atoms with E-state index in [1.165, 1.54) is 9.80 Å². The van der Waals surface area contributed by atoms with Crippen LogP contribution >= 0.6 is 11.6 Å². The van der Waals surface area contributed by atoms with Gasteiger partial charge in [-0.15, -0.1) is 24.8 Å². The largest absolute Gasteiger partial charge is 0.371 e. The highest BCUT2D eigenvalue weighted by Gasteiger charge is 2.46. The van der Waals surface area contributed by atoms with E-state index in [1.807, 2.05) is 0 Å². The molecule has 2 amide bonds. The van der Waals surface area contributed by atoms with Crippen LogP contribution in [0.4, 0.5) is 10.7 Å². The van der Waals surface area contributed by atoms with Gasteiger partial charge in [0, 0.05) is 12.6 Å². The number of aliphatic hydroxyl groups excluding tert-OH is 1. The number of carbonyl (C=O) groups excluding carboxylic acids is 1. The number of aliphatic hydroxyl groups is 1. The van der Waals surface area contributed by atoms with Gasteiger partial charge in [0.05, 0.1) is 10.9 Å². The molecule has 0 spiro atoms. The summed E-state index contributed by atoms with van der Waals surface area (Å²) in [7, 11) is 0. The predicted octanol–water partition coefficient (Wildman–Crippen LogP) is 2.84. The molecule has 7 heteroatoms. The molecule has 2 atom stereocenters. The molecule has 2 rings (SSSR count). The van der Waals surface area contributed by atoms with E-state index < -0.39 is 17.1 Å². The Kier molecular flexibility index (Phi) is 4.63. The van der Waals surface area contributed by atoms with E-state index in [0.717, 1.165) is 0 Å². The third-order valence-corrected chi connectivity index (χ3v) is 3.73. The molecule has 22 heavy (non-hydrogen) atoms. The average molecular weight is 326 g/mol. The van der Waals surface area contributed by atoms with Crippen LogP contribution in [0.2, 0.25) is 0 Å². The van der Waals surface area contributed by atoms with E-state index in [9.17, 15) is 9.90 Å². The molecule has 120 valence electrons. The molecule has 0 saturated carbocycles. The first-order chi connectivity index (χ1) is 10.3. The van der Waals surface area contributed by atoms with Gasteiger partial charge in [-0.05, 0) is 20.3 Å². The first kappa shape index (κ1) is 16.6. The Bertz CT molecular complexity index is 579. The van der Waals surface area contributed by atoms with Gasteiger partial charge < -0.3 is 14.5 Å². The highest BCUT2D eigenvalue weighted by Crippen LogP contribution is 2.34. The quantitative estimate of drug-likeness (QED) is 0.645. The molecule has 1 aliphatic rings. The second kappa shape index (κ2) is 6.14. The lowest BCUT2D eigenvalue weighted by Gasteiger charge is -2.21. The molecule has 1 fully saturated rings. The van der Waals surface area contributed by atoms with E-state index in [-0.39, 0.29) is 11.9 Å². The van der Waals surface area contributed by atoms with Crippen LogP contribution in [0.5, 0.6) is 0 Å². The van der Waals surface area contributed by atoms with Crippen LogP contribution in [0, 0.1) is 0 Å². The summed E-state index contributed by atoms with van der Waals surface area (Å²) in [6.45, 7) is 11.2. The van der Waals surface area contributed by atoms with Gasteiger partial charge in [0.2, 0.25) is 5.88 Å². The van der Waals surface area contributed by atoms with Gasteiger partial charge in [-0.3, -0.25) is 0 Å². The molecule has 0 bridgehead atoms. The first-order valence-corrected chi connectivity index (χ1v) is 7.34. The Morgan fingerprint density at radius 2 is 2.18 bits per heavy atom. The standard InChI is InChI=1S/C15H20ClN3O3/c1-5-7-10-13(20)19(14(21)18(10)8-6-2)12-9-11(17-22-12)15(3,4)16/h5-6,9-10,13,20H,1-2,7-8H2,3-4H3. The predicted molar refractivity (Wildman–Crippen MR) is 84.8 cm³/mol. The molecule has 2 heterocycles. The van der Waals surface area contributed by atoms with Gasteiger partial charge in [0.25, 0.3) is 0 Å². The van der Waals surface area contributed by atoms with Crippen LogP contribution in [0.3, 0.4) is 0 Å². The van der Waals surface area contributed by atoms with Crippen molar-refractivity contribution in [1.29, 1.82) is 0 Å². The minimum absolute atomic E-state index is 0.168. The summed E-state index contributed by atoms with van der Waals surface area (Å²) in [6.07, 6.45) is 2.68. The topological polar surface area (TPSA) is 69.8 Å². The zero-order valence-electron chi connectivity index (χ0n) is 12.7. The molecule has 0 radical (unpaired) electrons. The fourth-order valence-corrected chi connectivity index (χ4v) is 2.47. The van der Waals surface area contributed by atoms with Gasteiger partial charge in [-0.2, -0.15) is 0 Å². The van der Waals surface area contributed by atoms with Crippen molar-refractivity contribution in [3.8, 4) is 0 Å². The van der Waals surface area contributed by atoms with Gasteiger partial charge in [-0.1, -0.05) is 17.3 Å². The Labute approximate surface area is 134 Å². The van der Waals surface area contributed by atoms with Crippen molar-refractivity contribution in [2.45, 2.75) is 37.4 Å². The summed E-state index contributed by atoms with van der Waals surface area (Å²) >= 11 is 6.18. The monoisotopic (exact) mass is 325 g/mol. The van der Waals surface area contributed by atoms with E-state index in [2.05, 4.69) is 18.3 Å². The SMILES string of the molecule is C=CCC1C(O)N(c2cc(C(C)(C)Cl)no2)C(=O)N1CC=C. The lowest BCUT2D eigenvalue weighted by Crippen LogP contribution is -2.36. The number of hydrogen-bond acceptors (Lipinski definition) is 4. The second-order valence-electron chi connectivity index (χ2n) is 5.62. The van der Waals surface area contributed by atoms with Gasteiger partial charge >= 0.3 is 6.03 Å². The normalized spacial score (nSPS) is 22.3. The number of anilines is 1. The fraction of sp³-hybridized carbons (Fsp3) is 0.467. The van der Waals surface area contributed by atoms with Crippen molar-refractivity contribution < 1.29 is 14.4 Å². The maximum absolute atomic E-state index is 12.5. The molecule has 0 aromatic carbocycles. The van der Waals surface area contributed by atoms with Crippen LogP contribution < -0.4 is 4.90 Å². The van der Waals surface area contributed by atoms with Crippen molar-refractivity contribution in [2.24, 2.45) is 0 Å². The molecule has 6 nitrogen and oxygen atoms in total. The second-order valence-corrected chi connectivity index (χ2v) is 6.57. The summed E-state index contributed by atoms with van der Waals surface area (Å²) in [4.78, 5) is 14.5. The smallest absolute Gasteiger partial charge is 0.329 e. The number of nitrogens with zero attached hydrogens (tertiary/aromatic N) is 3. The molecular weight excluding hydrogens is 306 g/mol. The Balaban J connectivity index is 2.34. The Morgan fingerprint density at radius 1 is 1.50 bits per heavy atom. The van der Waals surface area contributed by atoms with Crippen LogP contribution in [-0.2, 0) is 4.87 Å². The Morgan fingerprint density at radius 3 is 2.68 bits per heavy atom. The summed E-state index contributed by atoms with van der Waals surface area (Å²) < 4.78 is 5.20. The third-order valence-electron chi connectivity index (χ3n) is 3.54. The highest BCUT2D eigenvalue weighted by molar-refractivity contribution is 6.23. The van der Waals surface area contributed by atoms with Gasteiger partial charge in [0.15, 0.2) is 6.23 Å². The van der Waals surface area contributed by atoms with Crippen molar-refractivity contribution in [2.75, 3.05) is 11.4 Å². The van der Waals surface area contributed by atoms with E-state index in [4.69, 9.17) is 16.1 Å². The molecule has 2 unspecified atom stereocenters. The van der Waals surface area contributed by atoms with Crippen LogP contribution in [-0.4, -0.2) is 40.0 Å². The summed E-state index contributed by atoms with van der Waals surface area (Å²) in [5.41, 5.74) is 0.492. The number of carbonyl (C=O) groups is 1. The lowest BCUT2D eigenvalue weighted by atomic mass is 10.1. The summed E-state index contributed by atoms with van der Waals surface area (Å²) in [6, 6.07) is 0.783.